The predicted octanol–water partition coefficient (Wildman–Crippen LogP) is 2.67. The lowest BCUT2D eigenvalue weighted by Crippen LogP contribution is -2.42. The molecule has 2 N–H and O–H groups in total. The Morgan fingerprint density at radius 2 is 2.14 bits per heavy atom. The fourth-order valence-electron chi connectivity index (χ4n) is 2.75. The van der Waals surface area contributed by atoms with E-state index in [0.717, 1.165) is 38.1 Å². The smallest absolute Gasteiger partial charge is 0.253 e. The zero-order chi connectivity index (χ0) is 15.2. The highest BCUT2D eigenvalue weighted by atomic mass is 16.5. The van der Waals surface area contributed by atoms with Crippen molar-refractivity contribution in [2.45, 2.75) is 39.2 Å². The number of rotatable bonds is 5. The minimum Gasteiger partial charge on any atom is -0.494 e. The Balaban J connectivity index is 1.97. The second-order valence-electron chi connectivity index (χ2n) is 5.87. The Kier molecular flexibility index (Phi) is 5.62. The van der Waals surface area contributed by atoms with E-state index >= 15 is 0 Å². The van der Waals surface area contributed by atoms with Gasteiger partial charge >= 0.3 is 0 Å². The van der Waals surface area contributed by atoms with E-state index in [4.69, 9.17) is 10.5 Å². The van der Waals surface area contributed by atoms with Crippen LogP contribution in [0.25, 0.3) is 0 Å². The van der Waals surface area contributed by atoms with Gasteiger partial charge in [-0.05, 0) is 50.3 Å². The number of piperidine rings is 1. The van der Waals surface area contributed by atoms with Crippen LogP contribution in [0.4, 0.5) is 0 Å². The molecule has 21 heavy (non-hydrogen) atoms. The molecule has 0 radical (unpaired) electrons. The molecule has 1 heterocycles. The molecule has 0 spiro atoms. The standard InChI is InChI=1S/C17H26N2O2/c1-3-11-21-16-6-4-5-15(12-16)17(20)19-9-7-14(8-10-19)13(2)18/h4-6,12-14H,3,7-11,18H2,1-2H3. The topological polar surface area (TPSA) is 55.6 Å². The summed E-state index contributed by atoms with van der Waals surface area (Å²) in [5, 5.41) is 0. The minimum absolute atomic E-state index is 0.0973. The maximum absolute atomic E-state index is 12.5. The second-order valence-corrected chi connectivity index (χ2v) is 5.87. The van der Waals surface area contributed by atoms with Crippen molar-refractivity contribution in [2.24, 2.45) is 11.7 Å². The number of hydrogen-bond donors (Lipinski definition) is 1. The highest BCUT2D eigenvalue weighted by Crippen LogP contribution is 2.22. The van der Waals surface area contributed by atoms with Crippen molar-refractivity contribution >= 4 is 5.91 Å². The Hall–Kier alpha value is -1.55. The SMILES string of the molecule is CCCOc1cccc(C(=O)N2CCC(C(C)N)CC2)c1. The molecule has 0 bridgehead atoms. The molecule has 0 aromatic heterocycles. The van der Waals surface area contributed by atoms with E-state index < -0.39 is 0 Å². The van der Waals surface area contributed by atoms with Crippen LogP contribution in [-0.2, 0) is 0 Å². The summed E-state index contributed by atoms with van der Waals surface area (Å²) in [6, 6.07) is 7.70. The molecule has 0 aliphatic carbocycles. The van der Waals surface area contributed by atoms with Crippen molar-refractivity contribution in [3.05, 3.63) is 29.8 Å². The van der Waals surface area contributed by atoms with Gasteiger partial charge in [-0.1, -0.05) is 13.0 Å². The van der Waals surface area contributed by atoms with Crippen LogP contribution in [0.3, 0.4) is 0 Å². The molecule has 1 amide bonds. The van der Waals surface area contributed by atoms with E-state index in [1.165, 1.54) is 0 Å². The number of ether oxygens (including phenoxy) is 1. The molecule has 4 heteroatoms. The molecule has 116 valence electrons. The van der Waals surface area contributed by atoms with Gasteiger partial charge in [-0.25, -0.2) is 0 Å². The Morgan fingerprint density at radius 1 is 1.43 bits per heavy atom. The van der Waals surface area contributed by atoms with Crippen LogP contribution < -0.4 is 10.5 Å². The van der Waals surface area contributed by atoms with Crippen molar-refractivity contribution in [3.63, 3.8) is 0 Å². The first-order valence-corrected chi connectivity index (χ1v) is 7.89. The molecular formula is C17H26N2O2. The molecule has 1 atom stereocenters. The van der Waals surface area contributed by atoms with Crippen LogP contribution in [0.15, 0.2) is 24.3 Å². The summed E-state index contributed by atoms with van der Waals surface area (Å²) in [5.74, 6) is 1.40. The number of benzene rings is 1. The first-order valence-electron chi connectivity index (χ1n) is 7.89. The molecule has 4 nitrogen and oxygen atoms in total. The van der Waals surface area contributed by atoms with Crippen molar-refractivity contribution < 1.29 is 9.53 Å². The molecule has 1 aromatic carbocycles. The molecule has 2 rings (SSSR count). The molecule has 1 aliphatic heterocycles. The summed E-state index contributed by atoms with van der Waals surface area (Å²) in [5.41, 5.74) is 6.66. The fourth-order valence-corrected chi connectivity index (χ4v) is 2.75. The third-order valence-electron chi connectivity index (χ3n) is 4.12. The molecule has 1 aliphatic rings. The average molecular weight is 290 g/mol. The molecule has 1 fully saturated rings. The van der Waals surface area contributed by atoms with Gasteiger partial charge in [0.15, 0.2) is 0 Å². The lowest BCUT2D eigenvalue weighted by Gasteiger charge is -2.33. The molecular weight excluding hydrogens is 264 g/mol. The van der Waals surface area contributed by atoms with Gasteiger partial charge in [0.2, 0.25) is 0 Å². The van der Waals surface area contributed by atoms with Gasteiger partial charge in [0.05, 0.1) is 6.61 Å². The number of hydrogen-bond acceptors (Lipinski definition) is 3. The molecule has 1 aromatic rings. The van der Waals surface area contributed by atoms with Crippen LogP contribution in [-0.4, -0.2) is 36.5 Å². The number of carbonyl (C=O) groups is 1. The van der Waals surface area contributed by atoms with Gasteiger partial charge < -0.3 is 15.4 Å². The van der Waals surface area contributed by atoms with Crippen LogP contribution in [0.1, 0.15) is 43.5 Å². The fraction of sp³-hybridized carbons (Fsp3) is 0.588. The third kappa shape index (κ3) is 4.21. The highest BCUT2D eigenvalue weighted by Gasteiger charge is 2.25. The van der Waals surface area contributed by atoms with E-state index in [-0.39, 0.29) is 11.9 Å². The lowest BCUT2D eigenvalue weighted by atomic mass is 9.90. The normalized spacial score (nSPS) is 17.6. The van der Waals surface area contributed by atoms with Gasteiger partial charge in [0.1, 0.15) is 5.75 Å². The number of carbonyl (C=O) groups excluding carboxylic acids is 1. The van der Waals surface area contributed by atoms with Gasteiger partial charge in [-0.2, -0.15) is 0 Å². The van der Waals surface area contributed by atoms with Gasteiger partial charge in [-0.3, -0.25) is 4.79 Å². The average Bonchev–Trinajstić information content (AvgIpc) is 2.52. The lowest BCUT2D eigenvalue weighted by molar-refractivity contribution is 0.0680. The van der Waals surface area contributed by atoms with Gasteiger partial charge in [-0.15, -0.1) is 0 Å². The van der Waals surface area contributed by atoms with E-state index in [9.17, 15) is 4.79 Å². The molecule has 0 saturated carbocycles. The highest BCUT2D eigenvalue weighted by molar-refractivity contribution is 5.94. The first kappa shape index (κ1) is 15.8. The maximum Gasteiger partial charge on any atom is 0.253 e. The van der Waals surface area contributed by atoms with Gasteiger partial charge in [0, 0.05) is 24.7 Å². The zero-order valence-electron chi connectivity index (χ0n) is 13.0. The summed E-state index contributed by atoms with van der Waals surface area (Å²) in [6.45, 7) is 6.39. The van der Waals surface area contributed by atoms with E-state index in [1.54, 1.807) is 0 Å². The van der Waals surface area contributed by atoms with Crippen LogP contribution in [0.2, 0.25) is 0 Å². The van der Waals surface area contributed by atoms with Crippen LogP contribution in [0.5, 0.6) is 5.75 Å². The number of amides is 1. The zero-order valence-corrected chi connectivity index (χ0v) is 13.0. The third-order valence-corrected chi connectivity index (χ3v) is 4.12. The predicted molar refractivity (Wildman–Crippen MR) is 84.5 cm³/mol. The molecule has 1 saturated heterocycles. The van der Waals surface area contributed by atoms with E-state index in [1.807, 2.05) is 29.2 Å². The number of likely N-dealkylation sites (tertiary alicyclic amines) is 1. The number of nitrogens with two attached hydrogens (primary N) is 1. The number of nitrogens with zero attached hydrogens (tertiary/aromatic N) is 1. The Bertz CT molecular complexity index is 466. The minimum atomic E-state index is 0.0973. The summed E-state index contributed by atoms with van der Waals surface area (Å²) in [4.78, 5) is 14.5. The van der Waals surface area contributed by atoms with Crippen molar-refractivity contribution in [1.29, 1.82) is 0 Å². The van der Waals surface area contributed by atoms with Crippen molar-refractivity contribution in [2.75, 3.05) is 19.7 Å². The summed E-state index contributed by atoms with van der Waals surface area (Å²) in [7, 11) is 0. The first-order chi connectivity index (χ1) is 10.1. The summed E-state index contributed by atoms with van der Waals surface area (Å²) < 4.78 is 5.59. The van der Waals surface area contributed by atoms with Crippen LogP contribution >= 0.6 is 0 Å². The Morgan fingerprint density at radius 3 is 2.76 bits per heavy atom. The molecule has 1 unspecified atom stereocenters. The van der Waals surface area contributed by atoms with Crippen LogP contribution in [0, 0.1) is 5.92 Å². The largest absolute Gasteiger partial charge is 0.494 e. The van der Waals surface area contributed by atoms with Gasteiger partial charge in [0.25, 0.3) is 5.91 Å². The quantitative estimate of drug-likeness (QED) is 0.907. The Labute approximate surface area is 127 Å². The maximum atomic E-state index is 12.5. The van der Waals surface area contributed by atoms with E-state index in [0.29, 0.717) is 18.1 Å². The van der Waals surface area contributed by atoms with Crippen molar-refractivity contribution in [3.8, 4) is 5.75 Å². The second kappa shape index (κ2) is 7.46. The van der Waals surface area contributed by atoms with Crippen molar-refractivity contribution in [1.82, 2.24) is 4.90 Å². The monoisotopic (exact) mass is 290 g/mol. The van der Waals surface area contributed by atoms with E-state index in [2.05, 4.69) is 13.8 Å². The summed E-state index contributed by atoms with van der Waals surface area (Å²) >= 11 is 0. The summed E-state index contributed by atoms with van der Waals surface area (Å²) in [6.07, 6.45) is 2.95.